The van der Waals surface area contributed by atoms with Crippen LogP contribution in [0, 0.1) is 0 Å². The molecule has 1 heterocycles. The van der Waals surface area contributed by atoms with Crippen LogP contribution in [0.15, 0.2) is 24.3 Å². The highest BCUT2D eigenvalue weighted by Gasteiger charge is 2.06. The van der Waals surface area contributed by atoms with Gasteiger partial charge in [0.2, 0.25) is 5.88 Å². The van der Waals surface area contributed by atoms with E-state index in [-0.39, 0.29) is 0 Å². The van der Waals surface area contributed by atoms with Gasteiger partial charge in [0.25, 0.3) is 0 Å². The number of aromatic nitrogens is 1. The summed E-state index contributed by atoms with van der Waals surface area (Å²) in [6, 6.07) is 7.22. The monoisotopic (exact) mass is 217 g/mol. The van der Waals surface area contributed by atoms with Crippen LogP contribution < -0.4 is 9.47 Å². The molecule has 4 heteroatoms. The third-order valence-electron chi connectivity index (χ3n) is 2.34. The van der Waals surface area contributed by atoms with E-state index in [4.69, 9.17) is 9.47 Å². The quantitative estimate of drug-likeness (QED) is 0.738. The highest BCUT2D eigenvalue weighted by Crippen LogP contribution is 2.24. The molecule has 0 spiro atoms. The second kappa shape index (κ2) is 4.18. The minimum absolute atomic E-state index is 0.329. The summed E-state index contributed by atoms with van der Waals surface area (Å²) in [7, 11) is 3.08. The standard InChI is InChI=1S/C12H11NO3/c1-15-10-4-3-8-5-9(7-14)12(16-2)13-11(8)6-10/h3-7H,1-2H3. The topological polar surface area (TPSA) is 48.4 Å². The van der Waals surface area contributed by atoms with Crippen LogP contribution >= 0.6 is 0 Å². The first-order valence-corrected chi connectivity index (χ1v) is 4.76. The van der Waals surface area contributed by atoms with Crippen LogP contribution in [-0.2, 0) is 0 Å². The number of nitrogens with zero attached hydrogens (tertiary/aromatic N) is 1. The Labute approximate surface area is 92.8 Å². The van der Waals surface area contributed by atoms with Gasteiger partial charge in [0.1, 0.15) is 5.75 Å². The Morgan fingerprint density at radius 1 is 1.19 bits per heavy atom. The van der Waals surface area contributed by atoms with Crippen LogP contribution in [0.1, 0.15) is 10.4 Å². The van der Waals surface area contributed by atoms with Gasteiger partial charge >= 0.3 is 0 Å². The smallest absolute Gasteiger partial charge is 0.224 e. The lowest BCUT2D eigenvalue weighted by atomic mass is 10.1. The van der Waals surface area contributed by atoms with Crippen molar-refractivity contribution in [2.24, 2.45) is 0 Å². The van der Waals surface area contributed by atoms with Gasteiger partial charge in [-0.25, -0.2) is 4.98 Å². The molecule has 4 nitrogen and oxygen atoms in total. The van der Waals surface area contributed by atoms with Crippen molar-refractivity contribution in [1.82, 2.24) is 4.98 Å². The molecule has 1 aromatic carbocycles. The van der Waals surface area contributed by atoms with E-state index >= 15 is 0 Å². The minimum atomic E-state index is 0.329. The van der Waals surface area contributed by atoms with E-state index in [1.54, 1.807) is 19.2 Å². The van der Waals surface area contributed by atoms with Crippen LogP contribution in [0.2, 0.25) is 0 Å². The first-order valence-electron chi connectivity index (χ1n) is 4.76. The maximum atomic E-state index is 10.8. The van der Waals surface area contributed by atoms with Gasteiger partial charge < -0.3 is 9.47 Å². The van der Waals surface area contributed by atoms with Crippen molar-refractivity contribution in [3.8, 4) is 11.6 Å². The fourth-order valence-electron chi connectivity index (χ4n) is 1.52. The first kappa shape index (κ1) is 10.4. The average Bonchev–Trinajstić information content (AvgIpc) is 2.36. The summed E-state index contributed by atoms with van der Waals surface area (Å²) in [5.41, 5.74) is 1.18. The molecule has 0 N–H and O–H groups in total. The molecule has 0 aliphatic rings. The Balaban J connectivity index is 2.68. The number of pyridine rings is 1. The molecule has 0 bridgehead atoms. The van der Waals surface area contributed by atoms with E-state index in [0.717, 1.165) is 22.9 Å². The van der Waals surface area contributed by atoms with Crippen molar-refractivity contribution in [2.75, 3.05) is 14.2 Å². The Kier molecular flexibility index (Phi) is 2.72. The van der Waals surface area contributed by atoms with E-state index in [0.29, 0.717) is 11.4 Å². The number of carbonyl (C=O) groups is 1. The fraction of sp³-hybridized carbons (Fsp3) is 0.167. The number of ether oxygens (including phenoxy) is 2. The zero-order valence-corrected chi connectivity index (χ0v) is 9.06. The van der Waals surface area contributed by atoms with Gasteiger partial charge in [0.15, 0.2) is 6.29 Å². The van der Waals surface area contributed by atoms with Gasteiger partial charge in [-0.2, -0.15) is 0 Å². The zero-order chi connectivity index (χ0) is 11.5. The summed E-state index contributed by atoms with van der Waals surface area (Å²) in [6.07, 6.45) is 0.732. The predicted molar refractivity (Wildman–Crippen MR) is 60.2 cm³/mol. The fourth-order valence-corrected chi connectivity index (χ4v) is 1.52. The van der Waals surface area contributed by atoms with Gasteiger partial charge in [0, 0.05) is 11.5 Å². The molecular weight excluding hydrogens is 206 g/mol. The molecule has 0 atom stereocenters. The molecule has 0 radical (unpaired) electrons. The summed E-state index contributed by atoms with van der Waals surface area (Å²) < 4.78 is 10.1. The minimum Gasteiger partial charge on any atom is -0.497 e. The van der Waals surface area contributed by atoms with Crippen molar-refractivity contribution in [1.29, 1.82) is 0 Å². The molecule has 82 valence electrons. The molecule has 0 amide bonds. The first-order chi connectivity index (χ1) is 7.78. The van der Waals surface area contributed by atoms with E-state index < -0.39 is 0 Å². The SMILES string of the molecule is COc1ccc2cc(C=O)c(OC)nc2c1. The maximum Gasteiger partial charge on any atom is 0.224 e. The molecule has 0 fully saturated rings. The zero-order valence-electron chi connectivity index (χ0n) is 9.06. The van der Waals surface area contributed by atoms with Crippen LogP contribution in [0.25, 0.3) is 10.9 Å². The number of hydrogen-bond acceptors (Lipinski definition) is 4. The van der Waals surface area contributed by atoms with Gasteiger partial charge in [-0.3, -0.25) is 4.79 Å². The third kappa shape index (κ3) is 1.69. The lowest BCUT2D eigenvalue weighted by Crippen LogP contribution is -1.95. The van der Waals surface area contributed by atoms with E-state index in [2.05, 4.69) is 4.98 Å². The Morgan fingerprint density at radius 3 is 2.62 bits per heavy atom. The van der Waals surface area contributed by atoms with Crippen LogP contribution in [0.5, 0.6) is 11.6 Å². The number of aldehydes is 1. The van der Waals surface area contributed by atoms with Crippen molar-refractivity contribution in [2.45, 2.75) is 0 Å². The van der Waals surface area contributed by atoms with Crippen molar-refractivity contribution < 1.29 is 14.3 Å². The van der Waals surface area contributed by atoms with Crippen molar-refractivity contribution in [3.63, 3.8) is 0 Å². The molecule has 0 saturated heterocycles. The Hall–Kier alpha value is -2.10. The van der Waals surface area contributed by atoms with Crippen LogP contribution in [-0.4, -0.2) is 25.5 Å². The van der Waals surface area contributed by atoms with Gasteiger partial charge in [-0.1, -0.05) is 0 Å². The molecule has 0 aliphatic carbocycles. The van der Waals surface area contributed by atoms with E-state index in [1.807, 2.05) is 12.1 Å². The number of hydrogen-bond donors (Lipinski definition) is 0. The third-order valence-corrected chi connectivity index (χ3v) is 2.34. The number of fused-ring (bicyclic) bond motifs is 1. The molecule has 0 aliphatic heterocycles. The molecule has 2 rings (SSSR count). The molecule has 16 heavy (non-hydrogen) atoms. The number of methoxy groups -OCH3 is 2. The number of carbonyl (C=O) groups excluding carboxylic acids is 1. The average molecular weight is 217 g/mol. The van der Waals surface area contributed by atoms with E-state index in [9.17, 15) is 4.79 Å². The van der Waals surface area contributed by atoms with Gasteiger partial charge in [-0.15, -0.1) is 0 Å². The molecule has 0 unspecified atom stereocenters. The van der Waals surface area contributed by atoms with Gasteiger partial charge in [-0.05, 0) is 18.2 Å². The lowest BCUT2D eigenvalue weighted by Gasteiger charge is -2.06. The number of benzene rings is 1. The summed E-state index contributed by atoms with van der Waals surface area (Å²) in [5, 5.41) is 0.878. The normalized spacial score (nSPS) is 10.1. The highest BCUT2D eigenvalue weighted by molar-refractivity contribution is 5.89. The summed E-state index contributed by atoms with van der Waals surface area (Å²) in [4.78, 5) is 15.0. The van der Waals surface area contributed by atoms with E-state index in [1.165, 1.54) is 7.11 Å². The van der Waals surface area contributed by atoms with Crippen molar-refractivity contribution in [3.05, 3.63) is 29.8 Å². The lowest BCUT2D eigenvalue weighted by molar-refractivity contribution is 0.112. The van der Waals surface area contributed by atoms with Crippen LogP contribution in [0.3, 0.4) is 0 Å². The van der Waals surface area contributed by atoms with Gasteiger partial charge in [0.05, 0.1) is 25.3 Å². The van der Waals surface area contributed by atoms with Crippen LogP contribution in [0.4, 0.5) is 0 Å². The molecule has 1 aromatic heterocycles. The largest absolute Gasteiger partial charge is 0.497 e. The summed E-state index contributed by atoms with van der Waals surface area (Å²) in [5.74, 6) is 1.05. The van der Waals surface area contributed by atoms with Crippen molar-refractivity contribution >= 4 is 17.2 Å². The predicted octanol–water partition coefficient (Wildman–Crippen LogP) is 2.06. The Morgan fingerprint density at radius 2 is 2.00 bits per heavy atom. The molecular formula is C12H11NO3. The Bertz CT molecular complexity index is 537. The summed E-state index contributed by atoms with van der Waals surface area (Å²) >= 11 is 0. The molecule has 2 aromatic rings. The molecule has 0 saturated carbocycles. The number of rotatable bonds is 3. The maximum absolute atomic E-state index is 10.8. The highest BCUT2D eigenvalue weighted by atomic mass is 16.5. The second-order valence-electron chi connectivity index (χ2n) is 3.26. The second-order valence-corrected chi connectivity index (χ2v) is 3.26. The summed E-state index contributed by atoms with van der Waals surface area (Å²) in [6.45, 7) is 0.